The zero-order valence-electron chi connectivity index (χ0n) is 19.6. The number of ketones is 1. The summed E-state index contributed by atoms with van der Waals surface area (Å²) in [6, 6.07) is 9.73. The molecule has 0 bridgehead atoms. The van der Waals surface area contributed by atoms with Crippen molar-refractivity contribution in [3.05, 3.63) is 35.9 Å². The van der Waals surface area contributed by atoms with Crippen LogP contribution in [0.15, 0.2) is 30.3 Å². The van der Waals surface area contributed by atoms with Crippen LogP contribution in [0.3, 0.4) is 0 Å². The van der Waals surface area contributed by atoms with Crippen molar-refractivity contribution in [2.45, 2.75) is 96.5 Å². The Hall–Kier alpha value is -1.09. The number of carbonyl (C=O) groups is 1. The average Bonchev–Trinajstić information content (AvgIpc) is 3.02. The predicted molar refractivity (Wildman–Crippen MR) is 119 cm³/mol. The highest BCUT2D eigenvalue weighted by atomic mass is 28.4. The number of aliphatic hydroxyl groups excluding tert-OH is 1. The first-order valence-electron chi connectivity index (χ1n) is 10.6. The van der Waals surface area contributed by atoms with Gasteiger partial charge in [0, 0.05) is 0 Å². The van der Waals surface area contributed by atoms with E-state index in [4.69, 9.17) is 18.6 Å². The van der Waals surface area contributed by atoms with Gasteiger partial charge in [-0.05, 0) is 44.5 Å². The quantitative estimate of drug-likeness (QED) is 0.586. The van der Waals surface area contributed by atoms with E-state index in [0.29, 0.717) is 6.61 Å². The lowest BCUT2D eigenvalue weighted by Crippen LogP contribution is -2.55. The van der Waals surface area contributed by atoms with Crippen molar-refractivity contribution in [3.8, 4) is 0 Å². The van der Waals surface area contributed by atoms with Gasteiger partial charge in [0.15, 0.2) is 19.9 Å². The summed E-state index contributed by atoms with van der Waals surface area (Å²) >= 11 is 0. The molecule has 7 heteroatoms. The first-order valence-corrected chi connectivity index (χ1v) is 13.5. The Morgan fingerprint density at radius 1 is 1.27 bits per heavy atom. The number of Topliss-reactive ketones (excluding diaryl/α,β-unsaturated/α-hetero) is 1. The van der Waals surface area contributed by atoms with E-state index in [1.54, 1.807) is 20.8 Å². The Balaban J connectivity index is 2.17. The van der Waals surface area contributed by atoms with Gasteiger partial charge in [-0.15, -0.1) is 0 Å². The summed E-state index contributed by atoms with van der Waals surface area (Å²) in [6.45, 7) is 16.2. The van der Waals surface area contributed by atoms with Gasteiger partial charge in [-0.1, -0.05) is 51.1 Å². The summed E-state index contributed by atoms with van der Waals surface area (Å²) in [5.41, 5.74) is 0.999. The van der Waals surface area contributed by atoms with E-state index in [-0.39, 0.29) is 17.4 Å². The van der Waals surface area contributed by atoms with Crippen molar-refractivity contribution in [2.24, 2.45) is 0 Å². The number of ether oxygens (including phenoxy) is 3. The third-order valence-corrected chi connectivity index (χ3v) is 10.4. The van der Waals surface area contributed by atoms with Gasteiger partial charge >= 0.3 is 0 Å². The van der Waals surface area contributed by atoms with Crippen molar-refractivity contribution >= 4 is 14.1 Å². The second-order valence-electron chi connectivity index (χ2n) is 10.0. The molecule has 170 valence electrons. The molecule has 0 spiro atoms. The van der Waals surface area contributed by atoms with E-state index in [0.717, 1.165) is 5.56 Å². The molecule has 2 rings (SSSR count). The highest BCUT2D eigenvalue weighted by molar-refractivity contribution is 6.74. The smallest absolute Gasteiger partial charge is 0.194 e. The Morgan fingerprint density at radius 2 is 1.87 bits per heavy atom. The summed E-state index contributed by atoms with van der Waals surface area (Å²) in [5, 5.41) is 11.0. The van der Waals surface area contributed by atoms with Crippen LogP contribution >= 0.6 is 0 Å². The molecule has 0 radical (unpaired) electrons. The lowest BCUT2D eigenvalue weighted by Gasteiger charge is -2.41. The molecule has 1 aromatic carbocycles. The molecule has 1 aliphatic heterocycles. The molecule has 30 heavy (non-hydrogen) atoms. The van der Waals surface area contributed by atoms with Crippen LogP contribution < -0.4 is 0 Å². The van der Waals surface area contributed by atoms with Crippen molar-refractivity contribution in [3.63, 3.8) is 0 Å². The van der Waals surface area contributed by atoms with Crippen LogP contribution in [0.1, 0.15) is 47.1 Å². The van der Waals surface area contributed by atoms with Crippen LogP contribution in [0.4, 0.5) is 0 Å². The van der Waals surface area contributed by atoms with E-state index in [9.17, 15) is 9.90 Å². The second-order valence-corrected chi connectivity index (χ2v) is 14.8. The first kappa shape index (κ1) is 25.2. The molecule has 1 heterocycles. The second kappa shape index (κ2) is 9.59. The number of rotatable bonds is 9. The van der Waals surface area contributed by atoms with Gasteiger partial charge in [0.2, 0.25) is 0 Å². The minimum Gasteiger partial charge on any atom is -0.404 e. The highest BCUT2D eigenvalue weighted by Crippen LogP contribution is 2.38. The Labute approximate surface area is 182 Å². The fraction of sp³-hybridized carbons (Fsp3) is 0.696. The zero-order valence-corrected chi connectivity index (χ0v) is 20.6. The number of carbonyl (C=O) groups excluding carboxylic acids is 1. The third-order valence-electron chi connectivity index (χ3n) is 5.98. The fourth-order valence-electron chi connectivity index (χ4n) is 2.95. The number of hydrogen-bond donors (Lipinski definition) is 1. The molecule has 1 aliphatic rings. The van der Waals surface area contributed by atoms with Crippen molar-refractivity contribution < 1.29 is 28.5 Å². The van der Waals surface area contributed by atoms with E-state index in [1.807, 2.05) is 30.3 Å². The Kier molecular flexibility index (Phi) is 8.04. The molecule has 1 saturated heterocycles. The van der Waals surface area contributed by atoms with Gasteiger partial charge in [0.25, 0.3) is 0 Å². The fourth-order valence-corrected chi connectivity index (χ4v) is 4.19. The van der Waals surface area contributed by atoms with Gasteiger partial charge in [-0.3, -0.25) is 4.79 Å². The molecule has 6 nitrogen and oxygen atoms in total. The molecule has 0 saturated carbocycles. The van der Waals surface area contributed by atoms with E-state index in [2.05, 4.69) is 33.9 Å². The molecule has 0 aliphatic carbocycles. The number of aliphatic hydroxyl groups is 1. The van der Waals surface area contributed by atoms with E-state index in [1.165, 1.54) is 0 Å². The Morgan fingerprint density at radius 3 is 2.37 bits per heavy atom. The lowest BCUT2D eigenvalue weighted by molar-refractivity contribution is -0.163. The van der Waals surface area contributed by atoms with Gasteiger partial charge in [-0.25, -0.2) is 0 Å². The van der Waals surface area contributed by atoms with Gasteiger partial charge < -0.3 is 23.7 Å². The van der Waals surface area contributed by atoms with Crippen molar-refractivity contribution in [1.82, 2.24) is 0 Å². The maximum absolute atomic E-state index is 13.3. The largest absolute Gasteiger partial charge is 0.404 e. The van der Waals surface area contributed by atoms with E-state index >= 15 is 0 Å². The molecule has 1 N–H and O–H groups in total. The maximum atomic E-state index is 13.3. The standard InChI is InChI=1S/C23H38O6Si/c1-16(26-14-17-12-10-9-11-13-17)19(24)21(29-30(7,8)22(2,3)4)20(25)18-15-27-23(5,6)28-18/h9-13,16,18-19,21,24H,14-15H2,1-8H3/t16-,18-,19-,21+/m0/s1. The van der Waals surface area contributed by atoms with Crippen LogP contribution in [-0.4, -0.2) is 56.0 Å². The molecule has 4 atom stereocenters. The third kappa shape index (κ3) is 6.45. The van der Waals surface area contributed by atoms with Crippen LogP contribution in [0.5, 0.6) is 0 Å². The van der Waals surface area contributed by atoms with Gasteiger partial charge in [0.1, 0.15) is 18.3 Å². The van der Waals surface area contributed by atoms with Crippen molar-refractivity contribution in [1.29, 1.82) is 0 Å². The summed E-state index contributed by atoms with van der Waals surface area (Å²) in [7, 11) is -2.35. The van der Waals surface area contributed by atoms with Crippen LogP contribution in [0, 0.1) is 0 Å². The molecule has 0 aromatic heterocycles. The Bertz CT molecular complexity index is 697. The first-order chi connectivity index (χ1) is 13.7. The summed E-state index contributed by atoms with van der Waals surface area (Å²) in [5.74, 6) is -1.13. The average molecular weight is 439 g/mol. The summed E-state index contributed by atoms with van der Waals surface area (Å²) in [6.07, 6.45) is -3.54. The monoisotopic (exact) mass is 438 g/mol. The number of hydrogen-bond acceptors (Lipinski definition) is 6. The topological polar surface area (TPSA) is 74.2 Å². The molecule has 0 unspecified atom stereocenters. The molecular weight excluding hydrogens is 400 g/mol. The molecule has 0 amide bonds. The van der Waals surface area contributed by atoms with Crippen molar-refractivity contribution in [2.75, 3.05) is 6.61 Å². The summed E-state index contributed by atoms with van der Waals surface area (Å²) in [4.78, 5) is 13.3. The van der Waals surface area contributed by atoms with Crippen LogP contribution in [0.2, 0.25) is 18.1 Å². The zero-order chi connectivity index (χ0) is 22.7. The maximum Gasteiger partial charge on any atom is 0.194 e. The van der Waals surface area contributed by atoms with Gasteiger partial charge in [0.05, 0.1) is 19.3 Å². The van der Waals surface area contributed by atoms with E-state index < -0.39 is 38.5 Å². The molecular formula is C23H38O6Si. The van der Waals surface area contributed by atoms with Crippen LogP contribution in [0.25, 0.3) is 0 Å². The number of benzene rings is 1. The van der Waals surface area contributed by atoms with Crippen LogP contribution in [-0.2, 0) is 30.0 Å². The minimum atomic E-state index is -2.35. The summed E-state index contributed by atoms with van der Waals surface area (Å²) < 4.78 is 23.6. The van der Waals surface area contributed by atoms with Gasteiger partial charge in [-0.2, -0.15) is 0 Å². The highest BCUT2D eigenvalue weighted by Gasteiger charge is 2.48. The normalized spacial score (nSPS) is 22.5. The SMILES string of the molecule is C[C@H](OCc1ccccc1)[C@H](O)[C@@H](O[Si](C)(C)C(C)(C)C)C(=O)[C@@H]1COC(C)(C)O1. The predicted octanol–water partition coefficient (Wildman–Crippen LogP) is 4.06. The molecule has 1 fully saturated rings. The minimum absolute atomic E-state index is 0.119. The molecule has 1 aromatic rings. The lowest BCUT2D eigenvalue weighted by atomic mass is 10.0.